The van der Waals surface area contributed by atoms with Crippen LogP contribution in [-0.2, 0) is 0 Å². The van der Waals surface area contributed by atoms with E-state index in [2.05, 4.69) is 16.0 Å². The average molecular weight is 168 g/mol. The van der Waals surface area contributed by atoms with Crippen molar-refractivity contribution in [1.29, 1.82) is 0 Å². The maximum atomic E-state index is 4.66. The minimum absolute atomic E-state index is 0.612. The summed E-state index contributed by atoms with van der Waals surface area (Å²) >= 11 is 0. The van der Waals surface area contributed by atoms with Gasteiger partial charge in [-0.15, -0.1) is 0 Å². The molecule has 0 aliphatic carbocycles. The molecule has 0 amide bonds. The average Bonchev–Trinajstić information content (AvgIpc) is 2.21. The highest BCUT2D eigenvalue weighted by Crippen LogP contribution is 2.17. The van der Waals surface area contributed by atoms with Crippen LogP contribution < -0.4 is 16.0 Å². The zero-order valence-electron chi connectivity index (χ0n) is 7.55. The van der Waals surface area contributed by atoms with Gasteiger partial charge in [-0.1, -0.05) is 0 Å². The number of piperazine rings is 1. The van der Waals surface area contributed by atoms with Gasteiger partial charge in [-0.2, -0.15) is 0 Å². The summed E-state index contributed by atoms with van der Waals surface area (Å²) in [5, 5.41) is 11.5. The van der Waals surface area contributed by atoms with Crippen LogP contribution in [0.2, 0.25) is 0 Å². The number of hydrogen-bond donors (Lipinski definition) is 2. The summed E-state index contributed by atoms with van der Waals surface area (Å²) in [4.78, 5) is 0. The van der Waals surface area contributed by atoms with Crippen LogP contribution >= 0.6 is 0 Å². The lowest BCUT2D eigenvalue weighted by molar-refractivity contribution is 0.250. The van der Waals surface area contributed by atoms with E-state index in [0.29, 0.717) is 6.04 Å². The smallest absolute Gasteiger partial charge is 0.0400 e. The van der Waals surface area contributed by atoms with Crippen molar-refractivity contribution in [3.05, 3.63) is 0 Å². The van der Waals surface area contributed by atoms with E-state index in [1.807, 2.05) is 0 Å². The fourth-order valence-electron chi connectivity index (χ4n) is 2.17. The summed E-state index contributed by atoms with van der Waals surface area (Å²) < 4.78 is 0. The summed E-state index contributed by atoms with van der Waals surface area (Å²) in [5.41, 5.74) is 0. The highest BCUT2D eigenvalue weighted by molar-refractivity contribution is 4.84. The predicted octanol–water partition coefficient (Wildman–Crippen LogP) is -0.438. The van der Waals surface area contributed by atoms with Gasteiger partial charge in [-0.05, 0) is 31.8 Å². The van der Waals surface area contributed by atoms with Crippen LogP contribution in [0.3, 0.4) is 0 Å². The van der Waals surface area contributed by atoms with Crippen molar-refractivity contribution < 1.29 is 0 Å². The summed E-state index contributed by atoms with van der Waals surface area (Å²) in [6.45, 7) is 5.61. The highest BCUT2D eigenvalue weighted by atomic mass is 15.1. The molecule has 2 fully saturated rings. The molecule has 2 N–H and O–H groups in total. The van der Waals surface area contributed by atoms with Crippen LogP contribution in [0.4, 0.5) is 0 Å². The van der Waals surface area contributed by atoms with Crippen LogP contribution in [0, 0.1) is 5.92 Å². The van der Waals surface area contributed by atoms with Crippen LogP contribution in [0.25, 0.3) is 0 Å². The first-order valence-corrected chi connectivity index (χ1v) is 5.05. The number of rotatable bonds is 1. The van der Waals surface area contributed by atoms with Gasteiger partial charge in [0.1, 0.15) is 0 Å². The fraction of sp³-hybridized carbons (Fsp3) is 1.00. The second-order valence-electron chi connectivity index (χ2n) is 3.77. The summed E-state index contributed by atoms with van der Waals surface area (Å²) in [6.07, 6.45) is 2.63. The van der Waals surface area contributed by atoms with Crippen LogP contribution in [0.15, 0.2) is 0 Å². The molecule has 69 valence electrons. The van der Waals surface area contributed by atoms with Gasteiger partial charge in [-0.3, -0.25) is 0 Å². The van der Waals surface area contributed by atoms with Crippen molar-refractivity contribution in [2.24, 2.45) is 5.92 Å². The molecule has 0 aromatic rings. The van der Waals surface area contributed by atoms with E-state index >= 15 is 0 Å². The second kappa shape index (κ2) is 4.21. The number of hydrogen-bond acceptors (Lipinski definition) is 2. The Morgan fingerprint density at radius 3 is 2.50 bits per heavy atom. The minimum atomic E-state index is 0.612. The Labute approximate surface area is 74.3 Å². The first kappa shape index (κ1) is 8.48. The number of nitrogens with one attached hydrogen (secondary N) is 2. The van der Waals surface area contributed by atoms with Crippen LogP contribution in [0.5, 0.6) is 0 Å². The van der Waals surface area contributed by atoms with E-state index in [1.54, 1.807) is 0 Å². The van der Waals surface area contributed by atoms with Crippen molar-refractivity contribution in [2.75, 3.05) is 32.7 Å². The lowest BCUT2D eigenvalue weighted by atomic mass is 9.89. The molecule has 0 aromatic carbocycles. The third kappa shape index (κ3) is 1.97. The molecule has 2 rings (SSSR count). The van der Waals surface area contributed by atoms with Gasteiger partial charge in [0.15, 0.2) is 0 Å². The standard InChI is InChI=1S/C9H18N3/c1-3-10-4-2-8(1)9-7-11-5-6-12-9/h8-11H,1-7H2. The molecule has 0 bridgehead atoms. The Bertz CT molecular complexity index is 110. The molecule has 2 saturated heterocycles. The van der Waals surface area contributed by atoms with Gasteiger partial charge >= 0.3 is 0 Å². The maximum Gasteiger partial charge on any atom is 0.0400 e. The molecule has 0 saturated carbocycles. The third-order valence-electron chi connectivity index (χ3n) is 2.93. The lowest BCUT2D eigenvalue weighted by Gasteiger charge is -2.33. The zero-order valence-corrected chi connectivity index (χ0v) is 7.55. The van der Waals surface area contributed by atoms with Gasteiger partial charge in [0.2, 0.25) is 0 Å². The Morgan fingerprint density at radius 1 is 1.00 bits per heavy atom. The molecule has 1 unspecified atom stereocenters. The highest BCUT2D eigenvalue weighted by Gasteiger charge is 2.25. The molecule has 1 atom stereocenters. The van der Waals surface area contributed by atoms with E-state index < -0.39 is 0 Å². The Kier molecular flexibility index (Phi) is 2.98. The Balaban J connectivity index is 1.80. The molecule has 2 heterocycles. The molecular formula is C9H18N3. The van der Waals surface area contributed by atoms with E-state index in [1.165, 1.54) is 25.9 Å². The minimum Gasteiger partial charge on any atom is -0.317 e. The molecule has 1 radical (unpaired) electrons. The molecule has 3 heteroatoms. The Morgan fingerprint density at radius 2 is 1.83 bits per heavy atom. The molecule has 0 spiro atoms. The van der Waals surface area contributed by atoms with Gasteiger partial charge in [0, 0.05) is 25.7 Å². The summed E-state index contributed by atoms with van der Waals surface area (Å²) in [6, 6.07) is 0.612. The number of piperidine rings is 1. The van der Waals surface area contributed by atoms with Gasteiger partial charge in [0.25, 0.3) is 0 Å². The first-order valence-electron chi connectivity index (χ1n) is 5.05. The second-order valence-corrected chi connectivity index (χ2v) is 3.77. The van der Waals surface area contributed by atoms with Gasteiger partial charge in [-0.25, -0.2) is 5.32 Å². The molecule has 3 nitrogen and oxygen atoms in total. The van der Waals surface area contributed by atoms with Crippen molar-refractivity contribution in [1.82, 2.24) is 16.0 Å². The largest absolute Gasteiger partial charge is 0.317 e. The van der Waals surface area contributed by atoms with Crippen LogP contribution in [0.1, 0.15) is 12.8 Å². The SMILES string of the molecule is C1CNCC(C2CCNCC2)[N]1. The van der Waals surface area contributed by atoms with E-state index in [9.17, 15) is 0 Å². The first-order chi connectivity index (χ1) is 5.97. The summed E-state index contributed by atoms with van der Waals surface area (Å²) in [5.74, 6) is 0.846. The van der Waals surface area contributed by atoms with Crippen molar-refractivity contribution in [2.45, 2.75) is 18.9 Å². The van der Waals surface area contributed by atoms with Crippen LogP contribution in [-0.4, -0.2) is 38.8 Å². The third-order valence-corrected chi connectivity index (χ3v) is 2.93. The fourth-order valence-corrected chi connectivity index (χ4v) is 2.17. The van der Waals surface area contributed by atoms with Gasteiger partial charge < -0.3 is 10.6 Å². The van der Waals surface area contributed by atoms with Crippen molar-refractivity contribution in [3.8, 4) is 0 Å². The maximum absolute atomic E-state index is 4.66. The zero-order chi connectivity index (χ0) is 8.23. The molecular weight excluding hydrogens is 150 g/mol. The topological polar surface area (TPSA) is 38.2 Å². The monoisotopic (exact) mass is 168 g/mol. The quantitative estimate of drug-likeness (QED) is 0.557. The lowest BCUT2D eigenvalue weighted by Crippen LogP contribution is -2.50. The van der Waals surface area contributed by atoms with Crippen molar-refractivity contribution >= 4 is 0 Å². The van der Waals surface area contributed by atoms with E-state index in [4.69, 9.17) is 0 Å². The van der Waals surface area contributed by atoms with Gasteiger partial charge in [0.05, 0.1) is 0 Å². The van der Waals surface area contributed by atoms with E-state index in [-0.39, 0.29) is 0 Å². The predicted molar refractivity (Wildman–Crippen MR) is 49.3 cm³/mol. The summed E-state index contributed by atoms with van der Waals surface area (Å²) in [7, 11) is 0. The van der Waals surface area contributed by atoms with E-state index in [0.717, 1.165) is 25.6 Å². The molecule has 12 heavy (non-hydrogen) atoms. The molecule has 2 aliphatic heterocycles. The Hall–Kier alpha value is -0.120. The molecule has 0 aromatic heterocycles. The van der Waals surface area contributed by atoms with Crippen molar-refractivity contribution in [3.63, 3.8) is 0 Å². The molecule has 2 aliphatic rings. The number of nitrogens with zero attached hydrogens (tertiary/aromatic N) is 1. The normalized spacial score (nSPS) is 33.5.